The highest BCUT2D eigenvalue weighted by Gasteiger charge is 2.10. The van der Waals surface area contributed by atoms with Crippen LogP contribution in [0.3, 0.4) is 0 Å². The van der Waals surface area contributed by atoms with Gasteiger partial charge in [-0.05, 0) is 25.0 Å². The second-order valence-electron chi connectivity index (χ2n) is 3.17. The van der Waals surface area contributed by atoms with Gasteiger partial charge in [-0.25, -0.2) is 0 Å². The minimum atomic E-state index is 0. The van der Waals surface area contributed by atoms with Crippen molar-refractivity contribution >= 4 is 30.0 Å². The number of halogens is 1. The highest BCUT2D eigenvalue weighted by Crippen LogP contribution is 2.29. The molecule has 0 fully saturated rings. The van der Waals surface area contributed by atoms with Crippen LogP contribution >= 0.6 is 23.7 Å². The number of thiophene rings is 1. The summed E-state index contributed by atoms with van der Waals surface area (Å²) in [6.07, 6.45) is 8.29. The van der Waals surface area contributed by atoms with Crippen LogP contribution < -0.4 is 0 Å². The van der Waals surface area contributed by atoms with Crippen molar-refractivity contribution in [3.05, 3.63) is 34.2 Å². The van der Waals surface area contributed by atoms with Crippen molar-refractivity contribution in [2.24, 2.45) is 4.99 Å². The van der Waals surface area contributed by atoms with Crippen molar-refractivity contribution in [1.29, 1.82) is 0 Å². The minimum absolute atomic E-state index is 0. The molecule has 1 unspecified atom stereocenters. The summed E-state index contributed by atoms with van der Waals surface area (Å²) in [4.78, 5) is 7.03. The Labute approximate surface area is 95.0 Å². The SMILES string of the molecule is CCc1ccc(C2C=CN=CC2)s1.Cl. The predicted molar refractivity (Wildman–Crippen MR) is 65.9 cm³/mol. The maximum Gasteiger partial charge on any atom is 0.0230 e. The van der Waals surface area contributed by atoms with Gasteiger partial charge in [-0.1, -0.05) is 13.0 Å². The Morgan fingerprint density at radius 1 is 1.50 bits per heavy atom. The monoisotopic (exact) mass is 227 g/mol. The largest absolute Gasteiger partial charge is 0.269 e. The van der Waals surface area contributed by atoms with Gasteiger partial charge >= 0.3 is 0 Å². The molecule has 0 amide bonds. The fourth-order valence-electron chi connectivity index (χ4n) is 1.46. The van der Waals surface area contributed by atoms with Gasteiger partial charge in [0, 0.05) is 28.1 Å². The normalized spacial score (nSPS) is 19.4. The Balaban J connectivity index is 0.000000980. The van der Waals surface area contributed by atoms with Gasteiger partial charge < -0.3 is 0 Å². The molecule has 2 heterocycles. The van der Waals surface area contributed by atoms with Gasteiger partial charge in [0.2, 0.25) is 0 Å². The molecule has 3 heteroatoms. The first-order valence-electron chi connectivity index (χ1n) is 4.67. The molecular formula is C11H14ClNS. The smallest absolute Gasteiger partial charge is 0.0230 e. The lowest BCUT2D eigenvalue weighted by molar-refractivity contribution is 0.909. The number of nitrogens with zero attached hydrogens (tertiary/aromatic N) is 1. The van der Waals surface area contributed by atoms with Gasteiger partial charge in [-0.3, -0.25) is 4.99 Å². The van der Waals surface area contributed by atoms with Gasteiger partial charge in [0.05, 0.1) is 0 Å². The summed E-state index contributed by atoms with van der Waals surface area (Å²) in [5, 5.41) is 0. The van der Waals surface area contributed by atoms with E-state index in [0.29, 0.717) is 5.92 Å². The molecule has 0 saturated carbocycles. The Hall–Kier alpha value is -0.600. The average molecular weight is 228 g/mol. The first-order valence-corrected chi connectivity index (χ1v) is 5.48. The van der Waals surface area contributed by atoms with Crippen LogP contribution in [0.5, 0.6) is 0 Å². The number of hydrogen-bond acceptors (Lipinski definition) is 2. The number of allylic oxidation sites excluding steroid dienone is 1. The summed E-state index contributed by atoms with van der Waals surface area (Å²) < 4.78 is 0. The fourth-order valence-corrected chi connectivity index (χ4v) is 2.51. The second kappa shape index (κ2) is 5.32. The van der Waals surface area contributed by atoms with Crippen molar-refractivity contribution in [1.82, 2.24) is 0 Å². The molecule has 1 nitrogen and oxygen atoms in total. The highest BCUT2D eigenvalue weighted by atomic mass is 35.5. The lowest BCUT2D eigenvalue weighted by Crippen LogP contribution is -1.95. The summed E-state index contributed by atoms with van der Waals surface area (Å²) >= 11 is 1.93. The van der Waals surface area contributed by atoms with Crippen molar-refractivity contribution in [3.8, 4) is 0 Å². The van der Waals surface area contributed by atoms with E-state index in [1.807, 2.05) is 23.8 Å². The summed E-state index contributed by atoms with van der Waals surface area (Å²) in [5.41, 5.74) is 0. The molecule has 0 saturated heterocycles. The third-order valence-electron chi connectivity index (χ3n) is 2.27. The lowest BCUT2D eigenvalue weighted by Gasteiger charge is -2.09. The van der Waals surface area contributed by atoms with E-state index in [0.717, 1.165) is 12.8 Å². The van der Waals surface area contributed by atoms with Gasteiger partial charge in [0.1, 0.15) is 0 Å². The van der Waals surface area contributed by atoms with Crippen LogP contribution in [-0.2, 0) is 6.42 Å². The summed E-state index contributed by atoms with van der Waals surface area (Å²) in [5.74, 6) is 0.572. The zero-order valence-corrected chi connectivity index (χ0v) is 9.78. The van der Waals surface area contributed by atoms with Crippen LogP contribution in [0.4, 0.5) is 0 Å². The van der Waals surface area contributed by atoms with Crippen LogP contribution in [0.2, 0.25) is 0 Å². The molecule has 0 radical (unpaired) electrons. The van der Waals surface area contributed by atoms with Gasteiger partial charge in [0.15, 0.2) is 0 Å². The lowest BCUT2D eigenvalue weighted by atomic mass is 10.0. The Kier molecular flexibility index (Phi) is 4.36. The van der Waals surface area contributed by atoms with Crippen molar-refractivity contribution in [3.63, 3.8) is 0 Å². The van der Waals surface area contributed by atoms with Crippen LogP contribution in [-0.4, -0.2) is 6.21 Å². The van der Waals surface area contributed by atoms with Crippen LogP contribution in [0.1, 0.15) is 29.0 Å². The molecule has 0 aliphatic carbocycles. The molecular weight excluding hydrogens is 214 g/mol. The van der Waals surface area contributed by atoms with Crippen LogP contribution in [0.15, 0.2) is 29.4 Å². The average Bonchev–Trinajstić information content (AvgIpc) is 2.67. The van der Waals surface area contributed by atoms with E-state index >= 15 is 0 Å². The topological polar surface area (TPSA) is 12.4 Å². The predicted octanol–water partition coefficient (Wildman–Crippen LogP) is 3.80. The number of aryl methyl sites for hydroxylation is 1. The highest BCUT2D eigenvalue weighted by molar-refractivity contribution is 7.12. The standard InChI is InChI=1S/C11H13NS.ClH/c1-2-10-3-4-11(13-10)9-5-7-12-8-6-9;/h3-5,7-9H,2,6H2,1H3;1H. The molecule has 76 valence electrons. The van der Waals surface area contributed by atoms with Crippen molar-refractivity contribution in [2.45, 2.75) is 25.7 Å². The zero-order valence-electron chi connectivity index (χ0n) is 8.14. The molecule has 14 heavy (non-hydrogen) atoms. The molecule has 0 bridgehead atoms. The molecule has 1 aromatic heterocycles. The number of rotatable bonds is 2. The Morgan fingerprint density at radius 2 is 2.36 bits per heavy atom. The number of hydrogen-bond donors (Lipinski definition) is 0. The van der Waals surface area contributed by atoms with E-state index in [1.165, 1.54) is 9.75 Å². The van der Waals surface area contributed by atoms with E-state index in [9.17, 15) is 0 Å². The molecule has 1 aliphatic heterocycles. The summed E-state index contributed by atoms with van der Waals surface area (Å²) in [6, 6.07) is 4.48. The van der Waals surface area contributed by atoms with Gasteiger partial charge in [0.25, 0.3) is 0 Å². The van der Waals surface area contributed by atoms with Crippen LogP contribution in [0.25, 0.3) is 0 Å². The zero-order chi connectivity index (χ0) is 9.10. The molecule has 1 atom stereocenters. The minimum Gasteiger partial charge on any atom is -0.269 e. The fraction of sp³-hybridized carbons (Fsp3) is 0.364. The molecule has 0 aromatic carbocycles. The van der Waals surface area contributed by atoms with Gasteiger partial charge in [-0.15, -0.1) is 23.7 Å². The maximum absolute atomic E-state index is 4.08. The van der Waals surface area contributed by atoms with Crippen LogP contribution in [0, 0.1) is 0 Å². The Bertz CT molecular complexity index is 341. The van der Waals surface area contributed by atoms with E-state index < -0.39 is 0 Å². The molecule has 0 spiro atoms. The molecule has 0 N–H and O–H groups in total. The summed E-state index contributed by atoms with van der Waals surface area (Å²) in [6.45, 7) is 2.20. The molecule has 1 aliphatic rings. The number of aliphatic imine (C=N–C) groups is 1. The first kappa shape index (κ1) is 11.5. The van der Waals surface area contributed by atoms with Gasteiger partial charge in [-0.2, -0.15) is 0 Å². The van der Waals surface area contributed by atoms with Crippen molar-refractivity contribution < 1.29 is 0 Å². The maximum atomic E-state index is 4.08. The quantitative estimate of drug-likeness (QED) is 0.729. The third-order valence-corrected chi connectivity index (χ3v) is 3.63. The Morgan fingerprint density at radius 3 is 2.93 bits per heavy atom. The summed E-state index contributed by atoms with van der Waals surface area (Å²) in [7, 11) is 0. The second-order valence-corrected chi connectivity index (χ2v) is 4.37. The van der Waals surface area contributed by atoms with Crippen molar-refractivity contribution in [2.75, 3.05) is 0 Å². The molecule has 1 aromatic rings. The van der Waals surface area contributed by atoms with E-state index in [4.69, 9.17) is 0 Å². The molecule has 2 rings (SSSR count). The van der Waals surface area contributed by atoms with E-state index in [1.54, 1.807) is 0 Å². The third kappa shape index (κ3) is 2.46. The van der Waals surface area contributed by atoms with E-state index in [2.05, 4.69) is 30.1 Å². The first-order chi connectivity index (χ1) is 6.40. The van der Waals surface area contributed by atoms with E-state index in [-0.39, 0.29) is 12.4 Å².